The zero-order chi connectivity index (χ0) is 26.7. The standard InChI is InChI=1S/C15H20N5O12P3S/c16-3-1-2-9-5-20(15-13(9)14(17)18-7-19-15)12-4-10(28-8-36)11(30-12)6-29-34(24,25)32-35(26,27)31-33(21,22)23/h5,7,12,36H,3-4,6,8,16H2,(H,24,25)(H,26,27)(H2,17,18,19)(H2,21,22,23)/t12-/m1/s1. The van der Waals surface area contributed by atoms with E-state index >= 15 is 0 Å². The van der Waals surface area contributed by atoms with E-state index in [2.05, 4.69) is 47.6 Å². The Morgan fingerprint density at radius 1 is 1.19 bits per heavy atom. The van der Waals surface area contributed by atoms with Gasteiger partial charge in [-0.15, -0.1) is 12.6 Å². The van der Waals surface area contributed by atoms with Gasteiger partial charge in [-0.1, -0.05) is 11.8 Å². The Morgan fingerprint density at radius 2 is 1.92 bits per heavy atom. The molecule has 198 valence electrons. The minimum Gasteiger partial charge on any atom is -0.484 e. The number of thiol groups is 1. The lowest BCUT2D eigenvalue weighted by Gasteiger charge is -2.17. The molecule has 0 spiro atoms. The van der Waals surface area contributed by atoms with E-state index in [9.17, 15) is 23.5 Å². The van der Waals surface area contributed by atoms with Gasteiger partial charge in [0.1, 0.15) is 36.1 Å². The third-order valence-electron chi connectivity index (χ3n) is 4.24. The Hall–Kier alpha value is -1.96. The van der Waals surface area contributed by atoms with Crippen molar-refractivity contribution in [2.45, 2.75) is 12.6 Å². The lowest BCUT2D eigenvalue weighted by molar-refractivity contribution is 0.0634. The molecular formula is C15H20N5O12P3S. The summed E-state index contributed by atoms with van der Waals surface area (Å²) in [6, 6.07) is 0. The largest absolute Gasteiger partial charge is 0.490 e. The number of anilines is 1. The highest BCUT2D eigenvalue weighted by Gasteiger charge is 2.41. The number of ether oxygens (including phenoxy) is 2. The van der Waals surface area contributed by atoms with Gasteiger partial charge in [-0.25, -0.2) is 23.7 Å². The molecule has 17 nitrogen and oxygen atoms in total. The molecule has 21 heteroatoms. The zero-order valence-corrected chi connectivity index (χ0v) is 21.5. The predicted molar refractivity (Wildman–Crippen MR) is 124 cm³/mol. The average Bonchev–Trinajstić information content (AvgIpc) is 3.30. The third kappa shape index (κ3) is 7.30. The quantitative estimate of drug-likeness (QED) is 0.0873. The van der Waals surface area contributed by atoms with E-state index < -0.39 is 36.3 Å². The highest BCUT2D eigenvalue weighted by Crippen LogP contribution is 2.66. The van der Waals surface area contributed by atoms with E-state index in [1.165, 1.54) is 6.33 Å². The molecule has 0 saturated carbocycles. The van der Waals surface area contributed by atoms with Crippen molar-refractivity contribution < 1.29 is 55.9 Å². The highest BCUT2D eigenvalue weighted by atomic mass is 32.1. The van der Waals surface area contributed by atoms with Gasteiger partial charge in [0.05, 0.1) is 23.9 Å². The monoisotopic (exact) mass is 587 g/mol. The highest BCUT2D eigenvalue weighted by molar-refractivity contribution is 7.80. The first-order valence-corrected chi connectivity index (χ1v) is 14.6. The molecule has 0 aliphatic carbocycles. The van der Waals surface area contributed by atoms with Gasteiger partial charge in [-0.2, -0.15) is 8.62 Å². The van der Waals surface area contributed by atoms with Gasteiger partial charge in [0, 0.05) is 6.20 Å². The van der Waals surface area contributed by atoms with Crippen molar-refractivity contribution in [3.8, 4) is 11.8 Å². The van der Waals surface area contributed by atoms with Crippen molar-refractivity contribution in [1.82, 2.24) is 14.5 Å². The normalized spacial score (nSPS) is 19.3. The van der Waals surface area contributed by atoms with Crippen molar-refractivity contribution in [3.05, 3.63) is 29.6 Å². The first kappa shape index (κ1) is 28.6. The van der Waals surface area contributed by atoms with Crippen LogP contribution < -0.4 is 11.5 Å². The Morgan fingerprint density at radius 3 is 2.56 bits per heavy atom. The maximum absolute atomic E-state index is 12.1. The maximum Gasteiger partial charge on any atom is 0.490 e. The summed E-state index contributed by atoms with van der Waals surface area (Å²) in [4.78, 5) is 44.4. The van der Waals surface area contributed by atoms with Gasteiger partial charge >= 0.3 is 23.5 Å². The summed E-state index contributed by atoms with van der Waals surface area (Å²) in [5.41, 5.74) is 12.3. The molecule has 0 amide bonds. The number of rotatable bonds is 10. The van der Waals surface area contributed by atoms with E-state index in [0.29, 0.717) is 16.6 Å². The summed E-state index contributed by atoms with van der Waals surface area (Å²) >= 11 is 3.97. The summed E-state index contributed by atoms with van der Waals surface area (Å²) in [6.45, 7) is -0.730. The van der Waals surface area contributed by atoms with E-state index in [1.54, 1.807) is 10.8 Å². The fourth-order valence-corrected chi connectivity index (χ4v) is 6.17. The molecular weight excluding hydrogens is 567 g/mol. The molecule has 1 aliphatic heterocycles. The van der Waals surface area contributed by atoms with E-state index in [-0.39, 0.29) is 36.2 Å². The number of fused-ring (bicyclic) bond motifs is 1. The Kier molecular flexibility index (Phi) is 8.90. The van der Waals surface area contributed by atoms with Crippen LogP contribution in [-0.2, 0) is 36.3 Å². The first-order chi connectivity index (χ1) is 16.8. The number of hydrogen-bond donors (Lipinski definition) is 7. The Labute approximate surface area is 208 Å². The maximum atomic E-state index is 12.1. The van der Waals surface area contributed by atoms with Crippen LogP contribution in [0.15, 0.2) is 24.0 Å². The smallest absolute Gasteiger partial charge is 0.484 e. The molecule has 3 rings (SSSR count). The second kappa shape index (κ2) is 11.2. The van der Waals surface area contributed by atoms with Gasteiger partial charge in [0.2, 0.25) is 0 Å². The second-order valence-corrected chi connectivity index (χ2v) is 11.4. The van der Waals surface area contributed by atoms with Crippen molar-refractivity contribution >= 4 is 52.9 Å². The van der Waals surface area contributed by atoms with E-state index in [0.717, 1.165) is 0 Å². The van der Waals surface area contributed by atoms with E-state index in [4.69, 9.17) is 30.7 Å². The van der Waals surface area contributed by atoms with Crippen LogP contribution in [0.25, 0.3) is 11.0 Å². The van der Waals surface area contributed by atoms with Gasteiger partial charge in [0.15, 0.2) is 12.0 Å². The minimum atomic E-state index is -5.68. The molecule has 2 aromatic rings. The Balaban J connectivity index is 1.82. The van der Waals surface area contributed by atoms with Crippen LogP contribution in [0.1, 0.15) is 18.2 Å². The van der Waals surface area contributed by atoms with Crippen LogP contribution in [0.4, 0.5) is 5.82 Å². The SMILES string of the molecule is NCC#Cc1cn([C@H]2CC(OCS)=C(COP(=O)(O)OP(=O)(O)OP(=O)(O)O)O2)c2ncnc(N)c12. The minimum absolute atomic E-state index is 0.0626. The summed E-state index contributed by atoms with van der Waals surface area (Å²) < 4.78 is 59.1. The molecule has 2 aromatic heterocycles. The molecule has 3 atom stereocenters. The van der Waals surface area contributed by atoms with Crippen molar-refractivity contribution in [3.63, 3.8) is 0 Å². The van der Waals surface area contributed by atoms with Crippen molar-refractivity contribution in [2.75, 3.05) is 24.8 Å². The summed E-state index contributed by atoms with van der Waals surface area (Å²) in [5, 5.41) is 0.445. The number of phosphoric ester groups is 1. The number of hydrogen-bond acceptors (Lipinski definition) is 13. The van der Waals surface area contributed by atoms with Crippen LogP contribution in [0, 0.1) is 11.8 Å². The molecule has 8 N–H and O–H groups in total. The van der Waals surface area contributed by atoms with Crippen molar-refractivity contribution in [1.29, 1.82) is 0 Å². The number of nitrogens with zero attached hydrogens (tertiary/aromatic N) is 3. The molecule has 0 aromatic carbocycles. The summed E-state index contributed by atoms with van der Waals surface area (Å²) in [7, 11) is -16.6. The summed E-state index contributed by atoms with van der Waals surface area (Å²) in [6.07, 6.45) is 2.06. The molecule has 0 radical (unpaired) electrons. The fraction of sp³-hybridized carbons (Fsp3) is 0.333. The second-order valence-electron chi connectivity index (χ2n) is 6.67. The average molecular weight is 587 g/mol. The predicted octanol–water partition coefficient (Wildman–Crippen LogP) is 0.701. The van der Waals surface area contributed by atoms with Gasteiger partial charge in [-0.3, -0.25) is 9.09 Å². The lowest BCUT2D eigenvalue weighted by atomic mass is 10.2. The van der Waals surface area contributed by atoms with Crippen LogP contribution in [0.2, 0.25) is 0 Å². The molecule has 0 fully saturated rings. The van der Waals surface area contributed by atoms with Gasteiger partial charge in [-0.05, 0) is 0 Å². The lowest BCUT2D eigenvalue weighted by Crippen LogP contribution is -2.09. The topological polar surface area (TPSA) is 261 Å². The number of phosphoric acid groups is 3. The molecule has 0 bridgehead atoms. The fourth-order valence-electron chi connectivity index (χ4n) is 3.04. The van der Waals surface area contributed by atoms with Crippen LogP contribution in [0.5, 0.6) is 0 Å². The molecule has 1 aliphatic rings. The molecule has 0 saturated heterocycles. The molecule has 3 heterocycles. The number of aromatic nitrogens is 3. The Bertz CT molecular complexity index is 1380. The van der Waals surface area contributed by atoms with Crippen LogP contribution in [0.3, 0.4) is 0 Å². The van der Waals surface area contributed by atoms with Crippen LogP contribution in [-0.4, -0.2) is 53.2 Å². The molecule has 2 unspecified atom stereocenters. The van der Waals surface area contributed by atoms with Crippen molar-refractivity contribution in [2.24, 2.45) is 5.73 Å². The van der Waals surface area contributed by atoms with Gasteiger partial charge < -0.3 is 40.5 Å². The van der Waals surface area contributed by atoms with E-state index in [1.807, 2.05) is 0 Å². The van der Waals surface area contributed by atoms with Crippen LogP contribution >= 0.6 is 36.1 Å². The molecule has 36 heavy (non-hydrogen) atoms. The first-order valence-electron chi connectivity index (χ1n) is 9.46. The number of nitrogen functional groups attached to an aromatic ring is 1. The summed E-state index contributed by atoms with van der Waals surface area (Å²) in [5.74, 6) is 5.65. The number of nitrogens with two attached hydrogens (primary N) is 2. The zero-order valence-electron chi connectivity index (χ0n) is 17.9. The van der Waals surface area contributed by atoms with Gasteiger partial charge in [0.25, 0.3) is 0 Å². The third-order valence-corrected chi connectivity index (χ3v) is 8.15.